The zero-order valence-corrected chi connectivity index (χ0v) is 15.6. The minimum Gasteiger partial charge on any atom is -0.322 e. The highest BCUT2D eigenvalue weighted by atomic mass is 35.5. The first-order valence-corrected chi connectivity index (χ1v) is 9.02. The fourth-order valence-corrected chi connectivity index (χ4v) is 3.42. The van der Waals surface area contributed by atoms with Crippen LogP contribution in [0.5, 0.6) is 0 Å². The minimum absolute atomic E-state index is 0.0546. The Morgan fingerprint density at radius 2 is 2.07 bits per heavy atom. The standard InChI is InChI=1S/C20H16ClFN4O2/c1-11-18(12-5-4-6-13(21)9-12)25-26-16(10-17(27)24-19(11)26)20(28)23-15-8-3-2-7-14(15)22/h2-9,16H,10H2,1H3,(H,23,28)(H,24,27)/t16-/m1/s1. The summed E-state index contributed by atoms with van der Waals surface area (Å²) in [7, 11) is 0. The predicted octanol–water partition coefficient (Wildman–Crippen LogP) is 4.17. The number of nitrogens with zero attached hydrogens (tertiary/aromatic N) is 2. The number of carbonyl (C=O) groups excluding carboxylic acids is 2. The fraction of sp³-hybridized carbons (Fsp3) is 0.150. The van der Waals surface area contributed by atoms with Gasteiger partial charge in [-0.1, -0.05) is 35.9 Å². The lowest BCUT2D eigenvalue weighted by molar-refractivity contribution is -0.125. The Kier molecular flexibility index (Phi) is 4.60. The maximum absolute atomic E-state index is 13.9. The maximum Gasteiger partial charge on any atom is 0.249 e. The molecule has 2 N–H and O–H groups in total. The molecule has 0 saturated carbocycles. The van der Waals surface area contributed by atoms with E-state index in [9.17, 15) is 14.0 Å². The molecular weight excluding hydrogens is 383 g/mol. The molecule has 0 unspecified atom stereocenters. The van der Waals surface area contributed by atoms with Crippen LogP contribution in [-0.4, -0.2) is 21.6 Å². The fourth-order valence-electron chi connectivity index (χ4n) is 3.23. The molecule has 2 amide bonds. The Morgan fingerprint density at radius 1 is 1.29 bits per heavy atom. The first kappa shape index (κ1) is 18.2. The summed E-state index contributed by atoms with van der Waals surface area (Å²) < 4.78 is 15.4. The Balaban J connectivity index is 1.72. The second-order valence-electron chi connectivity index (χ2n) is 6.51. The van der Waals surface area contributed by atoms with E-state index in [-0.39, 0.29) is 18.0 Å². The van der Waals surface area contributed by atoms with E-state index in [0.717, 1.165) is 11.1 Å². The largest absolute Gasteiger partial charge is 0.322 e. The van der Waals surface area contributed by atoms with Crippen molar-refractivity contribution >= 4 is 34.9 Å². The number of hydrogen-bond acceptors (Lipinski definition) is 3. The van der Waals surface area contributed by atoms with Crippen LogP contribution in [0.4, 0.5) is 15.9 Å². The highest BCUT2D eigenvalue weighted by Crippen LogP contribution is 2.35. The molecule has 4 rings (SSSR count). The number of hydrogen-bond donors (Lipinski definition) is 2. The molecule has 0 aliphatic carbocycles. The van der Waals surface area contributed by atoms with Gasteiger partial charge in [-0.05, 0) is 31.2 Å². The Bertz CT molecular complexity index is 1100. The van der Waals surface area contributed by atoms with Gasteiger partial charge in [0, 0.05) is 16.1 Å². The number of benzene rings is 2. The van der Waals surface area contributed by atoms with E-state index in [1.807, 2.05) is 13.0 Å². The lowest BCUT2D eigenvalue weighted by Crippen LogP contribution is -2.36. The zero-order chi connectivity index (χ0) is 19.8. The molecule has 0 radical (unpaired) electrons. The SMILES string of the molecule is Cc1c(-c2cccc(Cl)c2)nn2c1NC(=O)C[C@@H]2C(=O)Nc1ccccc1F. The lowest BCUT2D eigenvalue weighted by atomic mass is 10.1. The molecule has 1 aromatic heterocycles. The quantitative estimate of drug-likeness (QED) is 0.695. The van der Waals surface area contributed by atoms with E-state index in [0.29, 0.717) is 16.5 Å². The first-order valence-electron chi connectivity index (χ1n) is 8.64. The number of anilines is 2. The van der Waals surface area contributed by atoms with Gasteiger partial charge < -0.3 is 10.6 Å². The van der Waals surface area contributed by atoms with Crippen molar-refractivity contribution in [2.45, 2.75) is 19.4 Å². The zero-order valence-electron chi connectivity index (χ0n) is 14.9. The van der Waals surface area contributed by atoms with Gasteiger partial charge in [0.1, 0.15) is 17.7 Å². The molecule has 2 aromatic carbocycles. The Hall–Kier alpha value is -3.19. The van der Waals surface area contributed by atoms with Crippen LogP contribution in [0.1, 0.15) is 18.0 Å². The van der Waals surface area contributed by atoms with Gasteiger partial charge in [0.2, 0.25) is 11.8 Å². The van der Waals surface area contributed by atoms with Crippen LogP contribution < -0.4 is 10.6 Å². The molecule has 0 saturated heterocycles. The number of halogens is 2. The molecule has 8 heteroatoms. The lowest BCUT2D eigenvalue weighted by Gasteiger charge is -2.24. The van der Waals surface area contributed by atoms with Crippen LogP contribution in [0.25, 0.3) is 11.3 Å². The van der Waals surface area contributed by atoms with Crippen molar-refractivity contribution in [1.29, 1.82) is 0 Å². The summed E-state index contributed by atoms with van der Waals surface area (Å²) >= 11 is 6.08. The summed E-state index contributed by atoms with van der Waals surface area (Å²) in [5.74, 6) is -0.921. The monoisotopic (exact) mass is 398 g/mol. The average molecular weight is 399 g/mol. The van der Waals surface area contributed by atoms with Crippen LogP contribution in [0.15, 0.2) is 48.5 Å². The van der Waals surface area contributed by atoms with E-state index < -0.39 is 17.8 Å². The average Bonchev–Trinajstić information content (AvgIpc) is 2.99. The minimum atomic E-state index is -0.894. The summed E-state index contributed by atoms with van der Waals surface area (Å²) in [5.41, 5.74) is 2.16. The van der Waals surface area contributed by atoms with Gasteiger partial charge in [-0.15, -0.1) is 0 Å². The molecule has 1 atom stereocenters. The van der Waals surface area contributed by atoms with Gasteiger partial charge in [0.25, 0.3) is 0 Å². The highest BCUT2D eigenvalue weighted by Gasteiger charge is 2.34. The number of nitrogens with one attached hydrogen (secondary N) is 2. The van der Waals surface area contributed by atoms with Crippen LogP contribution in [-0.2, 0) is 9.59 Å². The van der Waals surface area contributed by atoms with Gasteiger partial charge in [-0.25, -0.2) is 9.07 Å². The topological polar surface area (TPSA) is 76.0 Å². The number of aromatic nitrogens is 2. The van der Waals surface area contributed by atoms with Crippen molar-refractivity contribution in [2.75, 3.05) is 10.6 Å². The predicted molar refractivity (Wildman–Crippen MR) is 105 cm³/mol. The molecule has 28 heavy (non-hydrogen) atoms. The summed E-state index contributed by atoms with van der Waals surface area (Å²) in [6, 6.07) is 12.1. The van der Waals surface area contributed by atoms with Crippen molar-refractivity contribution < 1.29 is 14.0 Å². The van der Waals surface area contributed by atoms with E-state index >= 15 is 0 Å². The van der Waals surface area contributed by atoms with Crippen LogP contribution >= 0.6 is 11.6 Å². The van der Waals surface area contributed by atoms with Crippen molar-refractivity contribution in [3.63, 3.8) is 0 Å². The first-order chi connectivity index (χ1) is 13.4. The normalized spacial score (nSPS) is 15.7. The van der Waals surface area contributed by atoms with Gasteiger partial charge in [-0.3, -0.25) is 9.59 Å². The second kappa shape index (κ2) is 7.09. The third kappa shape index (κ3) is 3.25. The van der Waals surface area contributed by atoms with E-state index in [2.05, 4.69) is 15.7 Å². The van der Waals surface area contributed by atoms with Crippen LogP contribution in [0.3, 0.4) is 0 Å². The molecule has 0 fully saturated rings. The van der Waals surface area contributed by atoms with Gasteiger partial charge in [0.15, 0.2) is 0 Å². The summed E-state index contributed by atoms with van der Waals surface area (Å²) in [5, 5.41) is 10.4. The molecule has 6 nitrogen and oxygen atoms in total. The van der Waals surface area contributed by atoms with Crippen LogP contribution in [0, 0.1) is 12.7 Å². The molecule has 2 heterocycles. The molecule has 1 aliphatic heterocycles. The molecular formula is C20H16ClFN4O2. The summed E-state index contributed by atoms with van der Waals surface area (Å²) in [6.45, 7) is 1.81. The Labute approximate surface area is 165 Å². The molecule has 0 bridgehead atoms. The summed E-state index contributed by atoms with van der Waals surface area (Å²) in [4.78, 5) is 25.0. The van der Waals surface area contributed by atoms with Gasteiger partial charge >= 0.3 is 0 Å². The highest BCUT2D eigenvalue weighted by molar-refractivity contribution is 6.30. The third-order valence-electron chi connectivity index (χ3n) is 4.61. The molecule has 3 aromatic rings. The van der Waals surface area contributed by atoms with Crippen molar-refractivity contribution in [3.05, 3.63) is 64.9 Å². The van der Waals surface area contributed by atoms with Crippen molar-refractivity contribution in [3.8, 4) is 11.3 Å². The summed E-state index contributed by atoms with van der Waals surface area (Å²) in [6.07, 6.45) is -0.0939. The van der Waals surface area contributed by atoms with E-state index in [1.165, 1.54) is 22.9 Å². The van der Waals surface area contributed by atoms with Crippen molar-refractivity contribution in [1.82, 2.24) is 9.78 Å². The number of amides is 2. The number of rotatable bonds is 3. The van der Waals surface area contributed by atoms with E-state index in [4.69, 9.17) is 11.6 Å². The number of fused-ring (bicyclic) bond motifs is 1. The van der Waals surface area contributed by atoms with Crippen molar-refractivity contribution in [2.24, 2.45) is 0 Å². The van der Waals surface area contributed by atoms with E-state index in [1.54, 1.807) is 24.3 Å². The third-order valence-corrected chi connectivity index (χ3v) is 4.85. The van der Waals surface area contributed by atoms with Gasteiger partial charge in [0.05, 0.1) is 17.8 Å². The second-order valence-corrected chi connectivity index (χ2v) is 6.95. The molecule has 0 spiro atoms. The number of carbonyl (C=O) groups is 2. The van der Waals surface area contributed by atoms with Gasteiger partial charge in [-0.2, -0.15) is 5.10 Å². The molecule has 1 aliphatic rings. The molecule has 142 valence electrons. The smallest absolute Gasteiger partial charge is 0.249 e. The Morgan fingerprint density at radius 3 is 2.82 bits per heavy atom. The van der Waals surface area contributed by atoms with Crippen LogP contribution in [0.2, 0.25) is 5.02 Å². The maximum atomic E-state index is 13.9. The number of para-hydroxylation sites is 1.